The summed E-state index contributed by atoms with van der Waals surface area (Å²) in [5.41, 5.74) is 3.02. The number of aromatic nitrogens is 3. The molecule has 1 N–H and O–H groups in total. The minimum atomic E-state index is -0.317. The molecule has 0 aliphatic carbocycles. The molecule has 0 aliphatic heterocycles. The van der Waals surface area contributed by atoms with Gasteiger partial charge in [0.2, 0.25) is 5.91 Å². The summed E-state index contributed by atoms with van der Waals surface area (Å²) in [6.45, 7) is 3.93. The number of thioether (sulfide) groups is 1. The fourth-order valence-electron chi connectivity index (χ4n) is 3.15. The minimum Gasteiger partial charge on any atom is -0.325 e. The Morgan fingerprint density at radius 3 is 2.52 bits per heavy atom. The molecule has 4 rings (SSSR count). The van der Waals surface area contributed by atoms with E-state index in [0.717, 1.165) is 27.8 Å². The lowest BCUT2D eigenvalue weighted by Gasteiger charge is -2.13. The SMILES string of the molecule is Cc1ccc(-c2nnc(S[C@@H](C)C(=O)Nc3cccc4ccccc34)n2C)cc1. The number of aryl methyl sites for hydroxylation is 1. The smallest absolute Gasteiger partial charge is 0.237 e. The molecule has 146 valence electrons. The van der Waals surface area contributed by atoms with Crippen molar-refractivity contribution in [3.63, 3.8) is 0 Å². The van der Waals surface area contributed by atoms with Gasteiger partial charge in [-0.2, -0.15) is 0 Å². The van der Waals surface area contributed by atoms with Crippen molar-refractivity contribution in [1.29, 1.82) is 0 Å². The Bertz CT molecular complexity index is 1160. The molecule has 3 aromatic carbocycles. The maximum atomic E-state index is 12.8. The molecule has 0 bridgehead atoms. The fraction of sp³-hybridized carbons (Fsp3) is 0.174. The normalized spacial score (nSPS) is 12.1. The highest BCUT2D eigenvalue weighted by Crippen LogP contribution is 2.28. The molecule has 29 heavy (non-hydrogen) atoms. The summed E-state index contributed by atoms with van der Waals surface area (Å²) < 4.78 is 1.93. The maximum absolute atomic E-state index is 12.8. The van der Waals surface area contributed by atoms with Gasteiger partial charge in [0, 0.05) is 23.7 Å². The fourth-order valence-corrected chi connectivity index (χ4v) is 3.97. The Morgan fingerprint density at radius 2 is 1.72 bits per heavy atom. The van der Waals surface area contributed by atoms with E-state index in [0.29, 0.717) is 5.16 Å². The molecule has 0 saturated heterocycles. The molecule has 1 aromatic heterocycles. The van der Waals surface area contributed by atoms with Gasteiger partial charge < -0.3 is 9.88 Å². The number of fused-ring (bicyclic) bond motifs is 1. The molecule has 0 unspecified atom stereocenters. The van der Waals surface area contributed by atoms with Crippen molar-refractivity contribution >= 4 is 34.1 Å². The van der Waals surface area contributed by atoms with Gasteiger partial charge in [-0.3, -0.25) is 4.79 Å². The van der Waals surface area contributed by atoms with Crippen molar-refractivity contribution < 1.29 is 4.79 Å². The second-order valence-corrected chi connectivity index (χ2v) is 8.32. The van der Waals surface area contributed by atoms with Crippen LogP contribution in [-0.2, 0) is 11.8 Å². The summed E-state index contributed by atoms with van der Waals surface area (Å²) in [5.74, 6) is 0.723. The van der Waals surface area contributed by atoms with Crippen LogP contribution in [0.3, 0.4) is 0 Å². The monoisotopic (exact) mass is 402 g/mol. The van der Waals surface area contributed by atoms with Crippen LogP contribution in [0.15, 0.2) is 71.9 Å². The summed E-state index contributed by atoms with van der Waals surface area (Å²) in [6, 6.07) is 22.1. The highest BCUT2D eigenvalue weighted by molar-refractivity contribution is 8.00. The molecule has 1 amide bonds. The van der Waals surface area contributed by atoms with Gasteiger partial charge in [-0.25, -0.2) is 0 Å². The Hall–Kier alpha value is -3.12. The van der Waals surface area contributed by atoms with Crippen molar-refractivity contribution in [2.45, 2.75) is 24.3 Å². The molecule has 0 spiro atoms. The second-order valence-electron chi connectivity index (χ2n) is 7.01. The summed E-state index contributed by atoms with van der Waals surface area (Å²) in [7, 11) is 1.92. The predicted octanol–water partition coefficient (Wildman–Crippen LogP) is 5.06. The lowest BCUT2D eigenvalue weighted by atomic mass is 10.1. The third-order valence-corrected chi connectivity index (χ3v) is 5.98. The lowest BCUT2D eigenvalue weighted by Crippen LogP contribution is -2.23. The van der Waals surface area contributed by atoms with E-state index in [1.807, 2.05) is 73.1 Å². The number of rotatable bonds is 5. The largest absolute Gasteiger partial charge is 0.325 e. The van der Waals surface area contributed by atoms with Crippen molar-refractivity contribution in [1.82, 2.24) is 14.8 Å². The third kappa shape index (κ3) is 4.03. The van der Waals surface area contributed by atoms with E-state index in [2.05, 4.69) is 34.6 Å². The Morgan fingerprint density at radius 1 is 1.00 bits per heavy atom. The number of carbonyl (C=O) groups is 1. The number of hydrogen-bond acceptors (Lipinski definition) is 4. The van der Waals surface area contributed by atoms with Crippen LogP contribution >= 0.6 is 11.8 Å². The van der Waals surface area contributed by atoms with E-state index in [4.69, 9.17) is 0 Å². The maximum Gasteiger partial charge on any atom is 0.237 e. The highest BCUT2D eigenvalue weighted by Gasteiger charge is 2.20. The molecule has 0 aliphatic rings. The minimum absolute atomic E-state index is 0.0637. The van der Waals surface area contributed by atoms with Crippen molar-refractivity contribution in [2.75, 3.05) is 5.32 Å². The molecule has 0 saturated carbocycles. The topological polar surface area (TPSA) is 59.8 Å². The lowest BCUT2D eigenvalue weighted by molar-refractivity contribution is -0.115. The van der Waals surface area contributed by atoms with Crippen LogP contribution in [0.5, 0.6) is 0 Å². The van der Waals surface area contributed by atoms with E-state index >= 15 is 0 Å². The second kappa shape index (κ2) is 8.09. The van der Waals surface area contributed by atoms with Crippen LogP contribution < -0.4 is 5.32 Å². The molecule has 1 atom stereocenters. The molecule has 0 fully saturated rings. The average molecular weight is 403 g/mol. The van der Waals surface area contributed by atoms with Gasteiger partial charge in [0.05, 0.1) is 5.25 Å². The first-order valence-corrected chi connectivity index (χ1v) is 10.3. The van der Waals surface area contributed by atoms with Gasteiger partial charge in [0.1, 0.15) is 0 Å². The first kappa shape index (κ1) is 19.2. The number of nitrogens with zero attached hydrogens (tertiary/aromatic N) is 3. The van der Waals surface area contributed by atoms with Crippen molar-refractivity contribution in [3.05, 3.63) is 72.3 Å². The zero-order valence-corrected chi connectivity index (χ0v) is 17.4. The van der Waals surface area contributed by atoms with E-state index in [-0.39, 0.29) is 11.2 Å². The van der Waals surface area contributed by atoms with E-state index < -0.39 is 0 Å². The number of nitrogens with one attached hydrogen (secondary N) is 1. The Balaban J connectivity index is 1.50. The molecule has 6 heteroatoms. The standard InChI is InChI=1S/C23H22N4OS/c1-15-11-13-18(14-12-15)21-25-26-23(27(21)3)29-16(2)22(28)24-20-10-6-8-17-7-4-5-9-19(17)20/h4-14,16H,1-3H3,(H,24,28)/t16-/m0/s1. The van der Waals surface area contributed by atoms with Gasteiger partial charge in [0.25, 0.3) is 0 Å². The first-order chi connectivity index (χ1) is 14.0. The molecule has 5 nitrogen and oxygen atoms in total. The van der Waals surface area contributed by atoms with E-state index in [1.165, 1.54) is 17.3 Å². The van der Waals surface area contributed by atoms with Gasteiger partial charge >= 0.3 is 0 Å². The van der Waals surface area contributed by atoms with Crippen LogP contribution in [0.1, 0.15) is 12.5 Å². The number of anilines is 1. The van der Waals surface area contributed by atoms with Crippen LogP contribution in [0.2, 0.25) is 0 Å². The third-order valence-electron chi connectivity index (χ3n) is 4.84. The van der Waals surface area contributed by atoms with Crippen LogP contribution in [-0.4, -0.2) is 25.9 Å². The molecule has 0 radical (unpaired) electrons. The predicted molar refractivity (Wildman–Crippen MR) is 119 cm³/mol. The number of hydrogen-bond donors (Lipinski definition) is 1. The summed E-state index contributed by atoms with van der Waals surface area (Å²) in [5, 5.41) is 14.2. The van der Waals surface area contributed by atoms with Crippen LogP contribution in [0, 0.1) is 6.92 Å². The number of amides is 1. The molecular formula is C23H22N4OS. The van der Waals surface area contributed by atoms with Crippen LogP contribution in [0.4, 0.5) is 5.69 Å². The molecule has 4 aromatic rings. The molecular weight excluding hydrogens is 380 g/mol. The van der Waals surface area contributed by atoms with Gasteiger partial charge in [0.15, 0.2) is 11.0 Å². The Kier molecular flexibility index (Phi) is 5.36. The van der Waals surface area contributed by atoms with Crippen LogP contribution in [0.25, 0.3) is 22.2 Å². The summed E-state index contributed by atoms with van der Waals surface area (Å²) in [6.07, 6.45) is 0. The quantitative estimate of drug-likeness (QED) is 0.474. The summed E-state index contributed by atoms with van der Waals surface area (Å²) >= 11 is 1.40. The van der Waals surface area contributed by atoms with Crippen molar-refractivity contribution in [2.24, 2.45) is 7.05 Å². The van der Waals surface area contributed by atoms with Gasteiger partial charge in [-0.1, -0.05) is 78.0 Å². The number of benzene rings is 3. The average Bonchev–Trinajstić information content (AvgIpc) is 3.09. The number of carbonyl (C=O) groups excluding carboxylic acids is 1. The Labute approximate surface area is 174 Å². The highest BCUT2D eigenvalue weighted by atomic mass is 32.2. The molecule has 1 heterocycles. The zero-order chi connectivity index (χ0) is 20.4. The first-order valence-electron chi connectivity index (χ1n) is 9.44. The zero-order valence-electron chi connectivity index (χ0n) is 16.6. The van der Waals surface area contributed by atoms with Gasteiger partial charge in [-0.15, -0.1) is 10.2 Å². The van der Waals surface area contributed by atoms with E-state index in [9.17, 15) is 4.79 Å². The van der Waals surface area contributed by atoms with Crippen molar-refractivity contribution in [3.8, 4) is 11.4 Å². The van der Waals surface area contributed by atoms with Gasteiger partial charge in [-0.05, 0) is 25.3 Å². The van der Waals surface area contributed by atoms with E-state index in [1.54, 1.807) is 0 Å². The summed E-state index contributed by atoms with van der Waals surface area (Å²) in [4.78, 5) is 12.8.